The fourth-order valence-electron chi connectivity index (χ4n) is 1.70. The number of benzene rings is 1. The van der Waals surface area contributed by atoms with Crippen LogP contribution in [0.25, 0.3) is 0 Å². The molecular formula is C13H15N3OS. The minimum Gasteiger partial charge on any atom is -0.399 e. The lowest BCUT2D eigenvalue weighted by Crippen LogP contribution is -2.15. The van der Waals surface area contributed by atoms with Crippen LogP contribution in [0.3, 0.4) is 0 Å². The molecule has 1 aromatic heterocycles. The van der Waals surface area contributed by atoms with Crippen molar-refractivity contribution in [2.45, 2.75) is 6.42 Å². The quantitative estimate of drug-likeness (QED) is 0.721. The van der Waals surface area contributed by atoms with E-state index < -0.39 is 5.91 Å². The Morgan fingerprint density at radius 3 is 2.83 bits per heavy atom. The maximum Gasteiger partial charge on any atom is 0.250 e. The first-order valence-corrected chi connectivity index (χ1v) is 6.50. The first kappa shape index (κ1) is 12.4. The van der Waals surface area contributed by atoms with Crippen molar-refractivity contribution < 1.29 is 4.79 Å². The molecule has 0 bridgehead atoms. The van der Waals surface area contributed by atoms with Gasteiger partial charge in [-0.25, -0.2) is 0 Å². The number of primary amides is 1. The van der Waals surface area contributed by atoms with E-state index in [1.54, 1.807) is 29.5 Å². The average Bonchev–Trinajstić information content (AvgIpc) is 2.82. The van der Waals surface area contributed by atoms with E-state index in [0.29, 0.717) is 16.9 Å². The number of amides is 1. The van der Waals surface area contributed by atoms with Gasteiger partial charge in [-0.2, -0.15) is 0 Å². The summed E-state index contributed by atoms with van der Waals surface area (Å²) in [5.41, 5.74) is 12.8. The molecule has 0 unspecified atom stereocenters. The van der Waals surface area contributed by atoms with E-state index in [2.05, 4.69) is 11.4 Å². The molecule has 0 fully saturated rings. The molecule has 1 aromatic carbocycles. The number of rotatable bonds is 5. The van der Waals surface area contributed by atoms with Crippen molar-refractivity contribution in [3.8, 4) is 0 Å². The zero-order valence-electron chi connectivity index (χ0n) is 9.85. The molecule has 0 aliphatic carbocycles. The Morgan fingerprint density at radius 1 is 1.33 bits per heavy atom. The number of thiophene rings is 1. The van der Waals surface area contributed by atoms with Gasteiger partial charge in [0, 0.05) is 22.8 Å². The summed E-state index contributed by atoms with van der Waals surface area (Å²) in [6.07, 6.45) is 0.907. The standard InChI is InChI=1S/C13H15N3OS/c14-9-3-4-11(13(15)17)12(8-9)16-6-5-10-2-1-7-18-10/h1-4,7-8,16H,5-6,14H2,(H2,15,17). The molecule has 0 aliphatic rings. The molecule has 5 heteroatoms. The predicted molar refractivity (Wildman–Crippen MR) is 75.9 cm³/mol. The van der Waals surface area contributed by atoms with Crippen molar-refractivity contribution in [1.82, 2.24) is 0 Å². The molecule has 2 rings (SSSR count). The molecule has 18 heavy (non-hydrogen) atoms. The number of anilines is 2. The van der Waals surface area contributed by atoms with Gasteiger partial charge in [0.05, 0.1) is 5.56 Å². The normalized spacial score (nSPS) is 10.2. The van der Waals surface area contributed by atoms with E-state index >= 15 is 0 Å². The Hall–Kier alpha value is -2.01. The van der Waals surface area contributed by atoms with Crippen LogP contribution in [0.15, 0.2) is 35.7 Å². The summed E-state index contributed by atoms with van der Waals surface area (Å²) in [6, 6.07) is 9.15. The molecular weight excluding hydrogens is 246 g/mol. The number of nitrogens with one attached hydrogen (secondary N) is 1. The van der Waals surface area contributed by atoms with Crippen LogP contribution in [0, 0.1) is 0 Å². The van der Waals surface area contributed by atoms with Gasteiger partial charge in [0.1, 0.15) is 0 Å². The van der Waals surface area contributed by atoms with Gasteiger partial charge in [-0.1, -0.05) is 6.07 Å². The van der Waals surface area contributed by atoms with Crippen molar-refractivity contribution in [2.75, 3.05) is 17.6 Å². The SMILES string of the molecule is NC(=O)c1ccc(N)cc1NCCc1cccs1. The third-order valence-corrected chi connectivity index (χ3v) is 3.51. The zero-order valence-corrected chi connectivity index (χ0v) is 10.7. The number of nitrogen functional groups attached to an aromatic ring is 1. The molecule has 0 aliphatic heterocycles. The molecule has 0 saturated carbocycles. The van der Waals surface area contributed by atoms with Gasteiger partial charge in [-0.15, -0.1) is 11.3 Å². The van der Waals surface area contributed by atoms with Gasteiger partial charge in [0.2, 0.25) is 0 Å². The van der Waals surface area contributed by atoms with Gasteiger partial charge in [0.15, 0.2) is 0 Å². The Bertz CT molecular complexity index is 537. The van der Waals surface area contributed by atoms with E-state index in [9.17, 15) is 4.79 Å². The highest BCUT2D eigenvalue weighted by atomic mass is 32.1. The lowest BCUT2D eigenvalue weighted by Gasteiger charge is -2.10. The Morgan fingerprint density at radius 2 is 2.17 bits per heavy atom. The van der Waals surface area contributed by atoms with E-state index in [1.807, 2.05) is 11.4 Å². The second-order valence-electron chi connectivity index (χ2n) is 3.93. The molecule has 0 atom stereocenters. The molecule has 4 nitrogen and oxygen atoms in total. The maximum atomic E-state index is 11.3. The molecule has 2 aromatic rings. The van der Waals surface area contributed by atoms with Crippen molar-refractivity contribution in [2.24, 2.45) is 5.73 Å². The third kappa shape index (κ3) is 3.01. The van der Waals surface area contributed by atoms with E-state index in [1.165, 1.54) is 4.88 Å². The summed E-state index contributed by atoms with van der Waals surface area (Å²) in [4.78, 5) is 12.6. The fraction of sp³-hybridized carbons (Fsp3) is 0.154. The highest BCUT2D eigenvalue weighted by molar-refractivity contribution is 7.09. The number of hydrogen-bond acceptors (Lipinski definition) is 4. The van der Waals surface area contributed by atoms with Crippen LogP contribution in [-0.4, -0.2) is 12.5 Å². The third-order valence-electron chi connectivity index (χ3n) is 2.58. The van der Waals surface area contributed by atoms with Crippen LogP contribution in [0.4, 0.5) is 11.4 Å². The summed E-state index contributed by atoms with van der Waals surface area (Å²) in [6.45, 7) is 0.740. The minimum absolute atomic E-state index is 0.450. The molecule has 5 N–H and O–H groups in total. The summed E-state index contributed by atoms with van der Waals surface area (Å²) < 4.78 is 0. The topological polar surface area (TPSA) is 81.1 Å². The smallest absolute Gasteiger partial charge is 0.250 e. The van der Waals surface area contributed by atoms with Crippen molar-refractivity contribution >= 4 is 28.6 Å². The highest BCUT2D eigenvalue weighted by Crippen LogP contribution is 2.19. The molecule has 0 spiro atoms. The van der Waals surface area contributed by atoms with Gasteiger partial charge >= 0.3 is 0 Å². The summed E-state index contributed by atoms with van der Waals surface area (Å²) >= 11 is 1.72. The molecule has 1 heterocycles. The van der Waals surface area contributed by atoms with Gasteiger partial charge in [-0.3, -0.25) is 4.79 Å². The van der Waals surface area contributed by atoms with Crippen LogP contribution < -0.4 is 16.8 Å². The lowest BCUT2D eigenvalue weighted by molar-refractivity contribution is 0.100. The second kappa shape index (κ2) is 5.55. The molecule has 0 radical (unpaired) electrons. The first-order valence-electron chi connectivity index (χ1n) is 5.62. The van der Waals surface area contributed by atoms with Crippen LogP contribution >= 0.6 is 11.3 Å². The summed E-state index contributed by atoms with van der Waals surface area (Å²) in [5.74, 6) is -0.450. The first-order chi connectivity index (χ1) is 8.66. The Balaban J connectivity index is 2.03. The van der Waals surface area contributed by atoms with Crippen LogP contribution in [0.5, 0.6) is 0 Å². The number of nitrogens with two attached hydrogens (primary N) is 2. The number of carbonyl (C=O) groups excluding carboxylic acids is 1. The fourth-order valence-corrected chi connectivity index (χ4v) is 2.41. The highest BCUT2D eigenvalue weighted by Gasteiger charge is 2.07. The maximum absolute atomic E-state index is 11.3. The van der Waals surface area contributed by atoms with Crippen molar-refractivity contribution in [1.29, 1.82) is 0 Å². The van der Waals surface area contributed by atoms with E-state index in [0.717, 1.165) is 13.0 Å². The number of hydrogen-bond donors (Lipinski definition) is 3. The van der Waals surface area contributed by atoms with Crippen LogP contribution in [0.1, 0.15) is 15.2 Å². The largest absolute Gasteiger partial charge is 0.399 e. The zero-order chi connectivity index (χ0) is 13.0. The van der Waals surface area contributed by atoms with Crippen molar-refractivity contribution in [3.63, 3.8) is 0 Å². The predicted octanol–water partition coefficient (Wildman–Crippen LogP) is 2.08. The molecule has 94 valence electrons. The lowest BCUT2D eigenvalue weighted by atomic mass is 10.1. The Kier molecular flexibility index (Phi) is 3.84. The monoisotopic (exact) mass is 261 g/mol. The van der Waals surface area contributed by atoms with Crippen molar-refractivity contribution in [3.05, 3.63) is 46.2 Å². The average molecular weight is 261 g/mol. The minimum atomic E-state index is -0.450. The van der Waals surface area contributed by atoms with Gasteiger partial charge in [-0.05, 0) is 36.1 Å². The van der Waals surface area contributed by atoms with Crippen LogP contribution in [-0.2, 0) is 6.42 Å². The molecule has 1 amide bonds. The van der Waals surface area contributed by atoms with Crippen LogP contribution in [0.2, 0.25) is 0 Å². The Labute approximate surface area is 110 Å². The van der Waals surface area contributed by atoms with Gasteiger partial charge in [0.25, 0.3) is 5.91 Å². The van der Waals surface area contributed by atoms with Gasteiger partial charge < -0.3 is 16.8 Å². The summed E-state index contributed by atoms with van der Waals surface area (Å²) in [7, 11) is 0. The number of carbonyl (C=O) groups is 1. The van der Waals surface area contributed by atoms with E-state index in [-0.39, 0.29) is 0 Å². The second-order valence-corrected chi connectivity index (χ2v) is 4.96. The summed E-state index contributed by atoms with van der Waals surface area (Å²) in [5, 5.41) is 5.25. The molecule has 0 saturated heterocycles. The van der Waals surface area contributed by atoms with E-state index in [4.69, 9.17) is 11.5 Å².